The van der Waals surface area contributed by atoms with Crippen molar-refractivity contribution in [2.45, 2.75) is 380 Å². The van der Waals surface area contributed by atoms with E-state index >= 15 is 4.79 Å². The Morgan fingerprint density at radius 2 is 0.958 bits per heavy atom. The van der Waals surface area contributed by atoms with Gasteiger partial charge in [-0.3, -0.25) is 9.59 Å². The molecule has 0 unspecified atom stereocenters. The number of carboxylic acid groups (broad SMARTS) is 1. The van der Waals surface area contributed by atoms with Crippen LogP contribution in [0.1, 0.15) is 134 Å². The quantitative estimate of drug-likeness (QED) is 0.0233. The van der Waals surface area contributed by atoms with E-state index in [1.807, 2.05) is 6.92 Å². The van der Waals surface area contributed by atoms with Crippen LogP contribution in [0.3, 0.4) is 0 Å². The van der Waals surface area contributed by atoms with Gasteiger partial charge in [0.1, 0.15) is 152 Å². The number of carboxylic acids is 1. The molecule has 8 aliphatic heterocycles. The monoisotopic (exact) mass is 1730 g/mol. The van der Waals surface area contributed by atoms with Crippen molar-refractivity contribution >= 4 is 24.2 Å². The van der Waals surface area contributed by atoms with Crippen LogP contribution in [0.15, 0.2) is 11.6 Å². The Morgan fingerprint density at radius 3 is 1.54 bits per heavy atom. The summed E-state index contributed by atoms with van der Waals surface area (Å²) >= 11 is 0. The zero-order valence-electron chi connectivity index (χ0n) is 68.9. The number of rotatable bonds is 20. The second kappa shape index (κ2) is 35.5. The molecule has 20 N–H and O–H groups in total. The van der Waals surface area contributed by atoms with Crippen LogP contribution in [0.4, 0.5) is 0 Å². The van der Waals surface area contributed by atoms with E-state index in [0.29, 0.717) is 32.1 Å². The van der Waals surface area contributed by atoms with Crippen LogP contribution in [0.25, 0.3) is 0 Å². The number of hydrogen-bond donors (Lipinski definition) is 20. The molecule has 5 aliphatic carbocycles. The van der Waals surface area contributed by atoms with Crippen molar-refractivity contribution in [1.29, 1.82) is 0 Å². The van der Waals surface area contributed by atoms with Crippen molar-refractivity contribution in [3.05, 3.63) is 11.6 Å². The number of fused-ring (bicyclic) bond motifs is 7. The van der Waals surface area contributed by atoms with Gasteiger partial charge < -0.3 is 187 Å². The lowest BCUT2D eigenvalue weighted by atomic mass is 9.32. The average Bonchev–Trinajstić information content (AvgIpc) is 0.666. The first kappa shape index (κ1) is 94.1. The molecule has 41 nitrogen and oxygen atoms in total. The van der Waals surface area contributed by atoms with Crippen LogP contribution in [0.5, 0.6) is 0 Å². The lowest BCUT2D eigenvalue weighted by Crippen LogP contribution is -2.70. The van der Waals surface area contributed by atoms with Crippen LogP contribution >= 0.6 is 0 Å². The summed E-state index contributed by atoms with van der Waals surface area (Å²) in [6.07, 6.45) is -67.4. The van der Waals surface area contributed by atoms with Gasteiger partial charge in [0.2, 0.25) is 6.29 Å². The van der Waals surface area contributed by atoms with Gasteiger partial charge in [0.25, 0.3) is 0 Å². The number of esters is 2. The summed E-state index contributed by atoms with van der Waals surface area (Å²) in [6.45, 7) is 18.7. The van der Waals surface area contributed by atoms with Gasteiger partial charge >= 0.3 is 17.9 Å². The Bertz CT molecular complexity index is 3600. The maximum absolute atomic E-state index is 16.5. The summed E-state index contributed by atoms with van der Waals surface area (Å²) in [6, 6.07) is 0. The number of carbonyl (C=O) groups is 4. The van der Waals surface area contributed by atoms with E-state index < -0.39 is 334 Å². The molecule has 4 saturated carbocycles. The van der Waals surface area contributed by atoms with Crippen LogP contribution < -0.4 is 0 Å². The summed E-state index contributed by atoms with van der Waals surface area (Å²) in [5.41, 5.74) is -5.51. The summed E-state index contributed by atoms with van der Waals surface area (Å²) in [5, 5.41) is 223. The van der Waals surface area contributed by atoms with Crippen molar-refractivity contribution in [2.24, 2.45) is 56.2 Å². The summed E-state index contributed by atoms with van der Waals surface area (Å²) in [5.74, 6) is -5.77. The molecule has 49 atom stereocenters. The van der Waals surface area contributed by atoms with Crippen LogP contribution in [-0.4, -0.2) is 392 Å². The molecule has 0 aromatic carbocycles. The molecule has 0 radical (unpaired) electrons. The fourth-order valence-corrected chi connectivity index (χ4v) is 22.3. The highest BCUT2D eigenvalue weighted by Gasteiger charge is 2.74. The predicted molar refractivity (Wildman–Crippen MR) is 392 cm³/mol. The molecular weight excluding hydrogens is 1600 g/mol. The molecule has 41 heteroatoms. The molecular formula is C79H124O41. The van der Waals surface area contributed by atoms with Crippen molar-refractivity contribution in [3.8, 4) is 0 Å². The highest BCUT2D eigenvalue weighted by Crippen LogP contribution is 2.77. The fourth-order valence-electron chi connectivity index (χ4n) is 22.3. The number of aliphatic carboxylic acids is 1. The van der Waals surface area contributed by atoms with E-state index in [1.165, 1.54) is 27.7 Å². The van der Waals surface area contributed by atoms with E-state index in [0.717, 1.165) is 18.8 Å². The maximum Gasteiger partial charge on any atom is 0.335 e. The van der Waals surface area contributed by atoms with Crippen molar-refractivity contribution in [2.75, 3.05) is 19.8 Å². The lowest BCUT2D eigenvalue weighted by molar-refractivity contribution is -0.394. The number of aliphatic hydroxyl groups excluding tert-OH is 19. The molecule has 13 rings (SSSR count). The molecule has 12 fully saturated rings. The van der Waals surface area contributed by atoms with Crippen LogP contribution in [0.2, 0.25) is 0 Å². The first-order valence-electron chi connectivity index (χ1n) is 41.6. The van der Waals surface area contributed by atoms with Gasteiger partial charge in [-0.2, -0.15) is 0 Å². The van der Waals surface area contributed by atoms with Crippen molar-refractivity contribution in [1.82, 2.24) is 0 Å². The maximum atomic E-state index is 16.5. The molecule has 0 aromatic heterocycles. The highest BCUT2D eigenvalue weighted by molar-refractivity contribution is 5.80. The van der Waals surface area contributed by atoms with Gasteiger partial charge in [0.15, 0.2) is 62.3 Å². The number of allylic oxidation sites excluding steroid dienone is 2. The second-order valence-electron chi connectivity index (χ2n) is 37.3. The van der Waals surface area contributed by atoms with E-state index in [9.17, 15) is 117 Å². The smallest absolute Gasteiger partial charge is 0.335 e. The minimum absolute atomic E-state index is 0.0246. The van der Waals surface area contributed by atoms with Gasteiger partial charge in [0, 0.05) is 12.8 Å². The third kappa shape index (κ3) is 16.2. The Morgan fingerprint density at radius 1 is 0.458 bits per heavy atom. The third-order valence-electron chi connectivity index (χ3n) is 30.0. The lowest BCUT2D eigenvalue weighted by Gasteiger charge is -2.72. The molecule has 8 heterocycles. The first-order valence-corrected chi connectivity index (χ1v) is 41.6. The Kier molecular flexibility index (Phi) is 27.8. The Hall–Kier alpha value is -3.54. The molecule has 13 aliphatic rings. The van der Waals surface area contributed by atoms with E-state index in [-0.39, 0.29) is 25.2 Å². The van der Waals surface area contributed by atoms with E-state index in [2.05, 4.69) is 40.7 Å². The van der Waals surface area contributed by atoms with Gasteiger partial charge in [-0.05, 0) is 118 Å². The zero-order valence-corrected chi connectivity index (χ0v) is 68.9. The molecule has 0 aromatic rings. The van der Waals surface area contributed by atoms with E-state index in [4.69, 9.17) is 80.5 Å². The molecule has 686 valence electrons. The molecule has 8 saturated heterocycles. The van der Waals surface area contributed by atoms with E-state index in [1.54, 1.807) is 6.92 Å². The fraction of sp³-hybridized carbons (Fsp3) is 0.924. The van der Waals surface area contributed by atoms with Crippen molar-refractivity contribution in [3.63, 3.8) is 0 Å². The summed E-state index contributed by atoms with van der Waals surface area (Å²) in [4.78, 5) is 57.4. The molecule has 0 spiro atoms. The third-order valence-corrected chi connectivity index (χ3v) is 30.0. The number of aldehydes is 1. The average molecular weight is 1730 g/mol. The van der Waals surface area contributed by atoms with Gasteiger partial charge in [-0.25, -0.2) is 4.79 Å². The molecule has 120 heavy (non-hydrogen) atoms. The standard InChI is InChI=1S/C79H124O41/c1-26-40-32-13-14-37-75(9)17-16-39(112-72-62(118-70-52(97)47(92)44(89)35(22-80)111-70)59(54(99)60(116-72)64(101)102)115-67-50(95)45(90)41(86)27(2)106-67)76(10,25-81)36(75)15-18-77(37,11)78(32,12)21-38(85)79(40,20-19-74(26,7)8)73(103)120-71-63(61(57(30(5)109-71)110-31(6)82)117-68-51(96)46(91)42(87)28(3)107-68)119-69-53(98)48(93)56(29(4)108-69)113-66-55(100)58(34(84)24-105-66)114-65-49(94)43(88)33(83)23-104-65/h13,25-30,33-63,65-72,80,83-100H,14-24H2,1-12H3,(H,101,102)/t26-,27+,28+,29+,30-,33-,34-,35-,36-,37-,38-,39+,40+,41+,42+,43+,44+,45-,46-,47+,48+,49-,50-,51-,52-,53-,54+,55-,56+,57+,58+,59+,60+,61+,62-,63-,65+,66+,67+,68+,69+,70+,71+,72-,75+,76+,77-,78-,79+/m1/s1. The van der Waals surface area contributed by atoms with Gasteiger partial charge in [-0.15, -0.1) is 0 Å². The van der Waals surface area contributed by atoms with Crippen LogP contribution in [-0.2, 0) is 99.7 Å². The Balaban J connectivity index is 0.797. The zero-order chi connectivity index (χ0) is 87.9. The minimum atomic E-state index is -2.26. The summed E-state index contributed by atoms with van der Waals surface area (Å²) < 4.78 is 104. The van der Waals surface area contributed by atoms with Gasteiger partial charge in [0.05, 0.1) is 61.9 Å². The first-order chi connectivity index (χ1) is 56.2. The number of aliphatic hydroxyl groups is 19. The minimum Gasteiger partial charge on any atom is -0.479 e. The topological polar surface area (TPSA) is 630 Å². The summed E-state index contributed by atoms with van der Waals surface area (Å²) in [7, 11) is 0. The number of ether oxygens (including phenoxy) is 17. The second-order valence-corrected chi connectivity index (χ2v) is 37.3. The van der Waals surface area contributed by atoms with Gasteiger partial charge in [-0.1, -0.05) is 60.1 Å². The SMILES string of the molecule is CC(=O)O[C@@H]1[C@H](O[C@@H]2O[C@@H](C)[C@H](O)[C@@H](O)[C@H]2O)[C@@H](O[C@@H]2O[C@@H](C)[C@H](O[C@@H]3OC[C@@H](O)[C@H](O[C@@H]4OC[C@@H](O)[C@H](O)[C@H]4O)[C@H]3O)[C@@H](O)[C@H]2O)[C@H](OC(=O)[C@]23CCC(C)(C)[C@H](C)[C@H]2C2=CC[C@@H]4[C@@]5(C)CC[C@H](O[C@@H]6O[C@H](C(=O)O)[C@@H](O)[C@H](O[C@@H]7O[C@@H](C)[C@H](O)[C@@H](O)[C@H]7O)[C@H]6O[C@@H]6O[C@H](CO)[C@H](O)[C@H](O)[C@H]6O)[C@@](C)(C=O)[C@@H]5CC[C@@]4(C)[C@]2(C)C[C@H]3O)O[C@@H]1C. The van der Waals surface area contributed by atoms with Crippen LogP contribution in [0, 0.1) is 56.2 Å². The molecule has 0 amide bonds. The molecule has 0 bridgehead atoms. The predicted octanol–water partition coefficient (Wildman–Crippen LogP) is -6.29. The largest absolute Gasteiger partial charge is 0.479 e. The number of carbonyl (C=O) groups excluding carboxylic acids is 3. The van der Waals surface area contributed by atoms with Crippen molar-refractivity contribution < 1.29 is 202 Å². The normalized spacial score (nSPS) is 54.7. The Labute approximate surface area is 691 Å². The highest BCUT2D eigenvalue weighted by atomic mass is 16.8. The number of hydrogen-bond acceptors (Lipinski definition) is 40.